The van der Waals surface area contributed by atoms with E-state index in [2.05, 4.69) is 44.7 Å². The smallest absolute Gasteiger partial charge is 0.163 e. The Morgan fingerprint density at radius 2 is 1.75 bits per heavy atom. The fourth-order valence-corrected chi connectivity index (χ4v) is 5.53. The van der Waals surface area contributed by atoms with E-state index in [1.165, 1.54) is 53.5 Å². The van der Waals surface area contributed by atoms with E-state index in [-0.39, 0.29) is 5.78 Å². The van der Waals surface area contributed by atoms with Crippen LogP contribution in [0.25, 0.3) is 16.7 Å². The van der Waals surface area contributed by atoms with Crippen LogP contribution >= 0.6 is 0 Å². The van der Waals surface area contributed by atoms with Crippen LogP contribution in [0.15, 0.2) is 30.8 Å². The van der Waals surface area contributed by atoms with Crippen molar-refractivity contribution in [2.24, 2.45) is 5.92 Å². The van der Waals surface area contributed by atoms with Crippen molar-refractivity contribution in [2.75, 3.05) is 6.61 Å². The lowest BCUT2D eigenvalue weighted by Crippen LogP contribution is -2.03. The van der Waals surface area contributed by atoms with Crippen molar-refractivity contribution in [3.8, 4) is 16.9 Å². The minimum Gasteiger partial charge on any atom is -0.488 e. The first-order chi connectivity index (χ1) is 13.6. The predicted octanol–water partition coefficient (Wildman–Crippen LogP) is 6.55. The van der Waals surface area contributed by atoms with Crippen LogP contribution in [-0.2, 0) is 6.42 Å². The lowest BCUT2D eigenvalue weighted by molar-refractivity contribution is 0.0994. The highest BCUT2D eigenvalue weighted by Crippen LogP contribution is 2.56. The molecule has 3 aliphatic rings. The molecule has 144 valence electrons. The predicted molar refractivity (Wildman–Crippen MR) is 114 cm³/mol. The van der Waals surface area contributed by atoms with E-state index >= 15 is 0 Å². The fourth-order valence-electron chi connectivity index (χ4n) is 5.53. The summed E-state index contributed by atoms with van der Waals surface area (Å²) in [4.78, 5) is 12.4. The number of ether oxygens (including phenoxy) is 1. The molecule has 28 heavy (non-hydrogen) atoms. The minimum absolute atomic E-state index is 0.290. The van der Waals surface area contributed by atoms with Gasteiger partial charge in [0.1, 0.15) is 12.4 Å². The van der Waals surface area contributed by atoms with Gasteiger partial charge in [-0.1, -0.05) is 57.5 Å². The second-order valence-corrected chi connectivity index (χ2v) is 8.59. The van der Waals surface area contributed by atoms with Crippen molar-refractivity contribution in [3.63, 3.8) is 0 Å². The molecule has 0 bridgehead atoms. The molecule has 1 atom stereocenters. The number of benzene rings is 2. The highest BCUT2D eigenvalue weighted by atomic mass is 16.5. The maximum absolute atomic E-state index is 12.4. The minimum atomic E-state index is 0.290. The van der Waals surface area contributed by atoms with Crippen molar-refractivity contribution in [3.05, 3.63) is 58.7 Å². The Bertz CT molecular complexity index is 920. The van der Waals surface area contributed by atoms with Crippen LogP contribution < -0.4 is 4.74 Å². The number of fused-ring (bicyclic) bond motifs is 7. The summed E-state index contributed by atoms with van der Waals surface area (Å²) in [6, 6.07) is 8.81. The fraction of sp³-hybridized carbons (Fsp3) is 0.423. The van der Waals surface area contributed by atoms with Gasteiger partial charge in [-0.05, 0) is 53.0 Å². The van der Waals surface area contributed by atoms with Crippen molar-refractivity contribution in [2.45, 2.75) is 58.3 Å². The summed E-state index contributed by atoms with van der Waals surface area (Å²) in [5.74, 6) is 2.49. The SMILES string of the molecule is C=C1COc2c1ccc1c2-c2c(ccc3c2CCC3=O)C1CCC(CC)CC. The van der Waals surface area contributed by atoms with E-state index in [0.29, 0.717) is 18.9 Å². The number of carbonyl (C=O) groups is 1. The molecule has 0 aromatic heterocycles. The highest BCUT2D eigenvalue weighted by molar-refractivity contribution is 6.04. The molecule has 2 aromatic carbocycles. The van der Waals surface area contributed by atoms with Gasteiger partial charge in [0.15, 0.2) is 5.78 Å². The largest absolute Gasteiger partial charge is 0.488 e. The van der Waals surface area contributed by atoms with Crippen LogP contribution in [0.3, 0.4) is 0 Å². The molecule has 1 heterocycles. The van der Waals surface area contributed by atoms with Gasteiger partial charge in [0.25, 0.3) is 0 Å². The zero-order valence-corrected chi connectivity index (χ0v) is 16.9. The summed E-state index contributed by atoms with van der Waals surface area (Å²) in [6.45, 7) is 9.36. The molecule has 1 unspecified atom stereocenters. The first-order valence-corrected chi connectivity index (χ1v) is 10.8. The number of hydrogen-bond acceptors (Lipinski definition) is 2. The van der Waals surface area contributed by atoms with Gasteiger partial charge in [0.05, 0.1) is 0 Å². The van der Waals surface area contributed by atoms with E-state index in [9.17, 15) is 4.79 Å². The molecule has 2 aromatic rings. The van der Waals surface area contributed by atoms with Crippen LogP contribution in [0.4, 0.5) is 0 Å². The van der Waals surface area contributed by atoms with Crippen molar-refractivity contribution < 1.29 is 9.53 Å². The molecule has 2 heteroatoms. The Labute approximate surface area is 167 Å². The van der Waals surface area contributed by atoms with Crippen LogP contribution in [0.5, 0.6) is 5.75 Å². The lowest BCUT2D eigenvalue weighted by atomic mass is 9.86. The first kappa shape index (κ1) is 17.7. The monoisotopic (exact) mass is 372 g/mol. The van der Waals surface area contributed by atoms with E-state index < -0.39 is 0 Å². The average Bonchev–Trinajstić information content (AvgIpc) is 3.37. The molecule has 0 spiro atoms. The molecular formula is C26H28O2. The Kier molecular flexibility index (Phi) is 4.19. The molecule has 2 aliphatic carbocycles. The quantitative estimate of drug-likeness (QED) is 0.595. The van der Waals surface area contributed by atoms with Crippen molar-refractivity contribution in [1.29, 1.82) is 0 Å². The standard InChI is InChI=1S/C26H28O2/c1-4-16(5-2)6-7-18-20-11-9-19-22(12-13-23(19)27)24(20)25-21(18)10-8-17-15(3)14-28-26(17)25/h8-11,16,18H,3-7,12-14H2,1-2H3. The van der Waals surface area contributed by atoms with Crippen molar-refractivity contribution in [1.82, 2.24) is 0 Å². The summed E-state index contributed by atoms with van der Waals surface area (Å²) in [7, 11) is 0. The first-order valence-electron chi connectivity index (χ1n) is 10.8. The number of hydrogen-bond donors (Lipinski definition) is 0. The molecule has 1 aliphatic heterocycles. The second kappa shape index (κ2) is 6.62. The van der Waals surface area contributed by atoms with Gasteiger partial charge >= 0.3 is 0 Å². The van der Waals surface area contributed by atoms with Gasteiger partial charge in [-0.15, -0.1) is 0 Å². The Morgan fingerprint density at radius 1 is 1.04 bits per heavy atom. The molecule has 5 rings (SSSR count). The number of rotatable bonds is 5. The zero-order valence-electron chi connectivity index (χ0n) is 16.9. The van der Waals surface area contributed by atoms with E-state index in [4.69, 9.17) is 4.74 Å². The summed E-state index contributed by atoms with van der Waals surface area (Å²) in [6.07, 6.45) is 6.41. The lowest BCUT2D eigenvalue weighted by Gasteiger charge is -2.18. The van der Waals surface area contributed by atoms with Gasteiger partial charge < -0.3 is 4.74 Å². The summed E-state index contributed by atoms with van der Waals surface area (Å²) >= 11 is 0. The zero-order chi connectivity index (χ0) is 19.4. The van der Waals surface area contributed by atoms with Gasteiger partial charge in [0.2, 0.25) is 0 Å². The molecule has 0 N–H and O–H groups in total. The third-order valence-corrected chi connectivity index (χ3v) is 7.23. The third-order valence-electron chi connectivity index (χ3n) is 7.23. The molecule has 0 saturated carbocycles. The van der Waals surface area contributed by atoms with Gasteiger partial charge in [0, 0.05) is 29.0 Å². The Morgan fingerprint density at radius 3 is 2.50 bits per heavy atom. The average molecular weight is 373 g/mol. The van der Waals surface area contributed by atoms with E-state index in [1.54, 1.807) is 0 Å². The Balaban J connectivity index is 1.68. The highest BCUT2D eigenvalue weighted by Gasteiger charge is 2.38. The molecule has 0 fully saturated rings. The van der Waals surface area contributed by atoms with E-state index in [0.717, 1.165) is 34.8 Å². The van der Waals surface area contributed by atoms with E-state index in [1.807, 2.05) is 0 Å². The third kappa shape index (κ3) is 2.43. The van der Waals surface area contributed by atoms with Crippen molar-refractivity contribution >= 4 is 11.4 Å². The number of carbonyl (C=O) groups excluding carboxylic acids is 1. The molecule has 0 radical (unpaired) electrons. The summed E-state index contributed by atoms with van der Waals surface area (Å²) in [5.41, 5.74) is 9.75. The van der Waals surface area contributed by atoms with Gasteiger partial charge in [-0.25, -0.2) is 0 Å². The van der Waals surface area contributed by atoms with Crippen LogP contribution in [-0.4, -0.2) is 12.4 Å². The molecule has 2 nitrogen and oxygen atoms in total. The maximum atomic E-state index is 12.4. The number of Topliss-reactive ketones (excluding diaryl/α,β-unsaturated/α-hetero) is 1. The number of ketones is 1. The summed E-state index contributed by atoms with van der Waals surface area (Å²) in [5, 5.41) is 0. The molecule has 0 amide bonds. The molecular weight excluding hydrogens is 344 g/mol. The topological polar surface area (TPSA) is 26.3 Å². The molecule has 0 saturated heterocycles. The van der Waals surface area contributed by atoms with Crippen LogP contribution in [0, 0.1) is 5.92 Å². The summed E-state index contributed by atoms with van der Waals surface area (Å²) < 4.78 is 6.13. The Hall–Kier alpha value is -2.35. The van der Waals surface area contributed by atoms with Gasteiger partial charge in [-0.3, -0.25) is 4.79 Å². The normalized spacial score (nSPS) is 18.9. The maximum Gasteiger partial charge on any atom is 0.163 e. The van der Waals surface area contributed by atoms with Gasteiger partial charge in [-0.2, -0.15) is 0 Å². The van der Waals surface area contributed by atoms with Crippen LogP contribution in [0.2, 0.25) is 0 Å². The van der Waals surface area contributed by atoms with Crippen LogP contribution in [0.1, 0.15) is 84.5 Å². The second-order valence-electron chi connectivity index (χ2n) is 8.59.